The lowest BCUT2D eigenvalue weighted by atomic mass is 10.4. The Hall–Kier alpha value is 0.390. The summed E-state index contributed by atoms with van der Waals surface area (Å²) >= 11 is 0. The summed E-state index contributed by atoms with van der Waals surface area (Å²) in [5.41, 5.74) is 0. The molecule has 1 fully saturated rings. The van der Waals surface area contributed by atoms with Gasteiger partial charge in [0.25, 0.3) is 0 Å². The highest BCUT2D eigenvalue weighted by Gasteiger charge is 2.31. The summed E-state index contributed by atoms with van der Waals surface area (Å²) in [6.07, 6.45) is 0.443. The van der Waals surface area contributed by atoms with E-state index >= 15 is 0 Å². The van der Waals surface area contributed by atoms with Crippen molar-refractivity contribution in [2.24, 2.45) is 0 Å². The number of hydrogen-bond donors (Lipinski definition) is 0. The molecule has 2 unspecified atom stereocenters. The lowest BCUT2D eigenvalue weighted by Gasteiger charge is -1.96. The van der Waals surface area contributed by atoms with Crippen molar-refractivity contribution in [1.29, 1.82) is 0 Å². The maximum Gasteiger partial charge on any atom is 0.151 e. The van der Waals surface area contributed by atoms with Gasteiger partial charge in [-0.15, -0.1) is 0 Å². The van der Waals surface area contributed by atoms with Gasteiger partial charge >= 0.3 is 0 Å². The van der Waals surface area contributed by atoms with Crippen molar-refractivity contribution in [3.8, 4) is 0 Å². The molecule has 1 heterocycles. The molecule has 3 nitrogen and oxygen atoms in total. The summed E-state index contributed by atoms with van der Waals surface area (Å²) in [4.78, 5) is 0. The second-order valence-corrected chi connectivity index (χ2v) is 6.58. The minimum Gasteiger partial charge on any atom is -0.242 e. The first-order valence-electron chi connectivity index (χ1n) is 2.78. The second kappa shape index (κ2) is 2.79. The van der Waals surface area contributed by atoms with Gasteiger partial charge in [0.15, 0.2) is 9.84 Å². The molecule has 0 aromatic carbocycles. The molecule has 0 bridgehead atoms. The van der Waals surface area contributed by atoms with E-state index in [4.69, 9.17) is 10.7 Å². The maximum atomic E-state index is 10.8. The summed E-state index contributed by atoms with van der Waals surface area (Å²) in [5, 5.41) is -0.341. The van der Waals surface area contributed by atoms with E-state index in [1.165, 1.54) is 0 Å². The Morgan fingerprint density at radius 2 is 2.10 bits per heavy atom. The number of rotatable bonds is 1. The third-order valence-electron chi connectivity index (χ3n) is 1.45. The van der Waals surface area contributed by atoms with Crippen molar-refractivity contribution in [3.05, 3.63) is 0 Å². The zero-order chi connectivity index (χ0) is 7.78. The monoisotopic (exact) mass is 202 g/mol. The Labute approximate surface area is 66.6 Å². The van der Waals surface area contributed by atoms with Crippen LogP contribution in [0.15, 0.2) is 0 Å². The molecular formula is C4H7ClO3S2. The predicted octanol–water partition coefficient (Wildman–Crippen LogP) is 0.0760. The van der Waals surface area contributed by atoms with E-state index in [2.05, 4.69) is 0 Å². The fourth-order valence-corrected chi connectivity index (χ4v) is 4.68. The van der Waals surface area contributed by atoms with Crippen LogP contribution in [-0.4, -0.2) is 29.4 Å². The quantitative estimate of drug-likeness (QED) is 0.566. The minimum absolute atomic E-state index is 0.0108. The van der Waals surface area contributed by atoms with Gasteiger partial charge in [-0.2, -0.15) is 0 Å². The van der Waals surface area contributed by atoms with Gasteiger partial charge in [-0.3, -0.25) is 0 Å². The molecule has 0 radical (unpaired) electrons. The van der Waals surface area contributed by atoms with Crippen molar-refractivity contribution in [1.82, 2.24) is 0 Å². The van der Waals surface area contributed by atoms with E-state index in [1.54, 1.807) is 0 Å². The Bertz CT molecular complexity index is 245. The largest absolute Gasteiger partial charge is 0.242 e. The molecule has 0 amide bonds. The molecule has 0 spiro atoms. The van der Waals surface area contributed by atoms with Crippen LogP contribution in [0.5, 0.6) is 0 Å². The predicted molar refractivity (Wildman–Crippen MR) is 41.1 cm³/mol. The van der Waals surface area contributed by atoms with E-state index in [9.17, 15) is 12.6 Å². The topological polar surface area (TPSA) is 51.2 Å². The first kappa shape index (κ1) is 8.49. The van der Waals surface area contributed by atoms with Crippen LogP contribution < -0.4 is 0 Å². The summed E-state index contributed by atoms with van der Waals surface area (Å²) < 4.78 is 32.1. The standard InChI is InChI=1S/C4H7ClO3S2/c5-9(6)4-1-2-10(7,8)3-4/h4H,1-3H2. The molecular weight excluding hydrogens is 196 g/mol. The van der Waals surface area contributed by atoms with E-state index in [0.717, 1.165) is 0 Å². The molecule has 0 aromatic rings. The highest BCUT2D eigenvalue weighted by molar-refractivity contribution is 8.09. The van der Waals surface area contributed by atoms with Crippen LogP contribution in [0, 0.1) is 0 Å². The van der Waals surface area contributed by atoms with Crippen molar-refractivity contribution >= 4 is 30.5 Å². The zero-order valence-electron chi connectivity index (χ0n) is 5.12. The van der Waals surface area contributed by atoms with E-state index < -0.39 is 19.9 Å². The average molecular weight is 203 g/mol. The van der Waals surface area contributed by atoms with Crippen LogP contribution in [0.4, 0.5) is 0 Å². The van der Waals surface area contributed by atoms with Gasteiger partial charge in [-0.1, -0.05) is 0 Å². The van der Waals surface area contributed by atoms with Crippen LogP contribution in [0.2, 0.25) is 0 Å². The fourth-order valence-electron chi connectivity index (χ4n) is 0.907. The molecule has 6 heteroatoms. The second-order valence-electron chi connectivity index (χ2n) is 2.27. The smallest absolute Gasteiger partial charge is 0.151 e. The SMILES string of the molecule is O=S(Cl)C1CCS(=O)(=O)C1. The molecule has 60 valence electrons. The third-order valence-corrected chi connectivity index (χ3v) is 5.11. The van der Waals surface area contributed by atoms with Crippen LogP contribution in [0.25, 0.3) is 0 Å². The minimum atomic E-state index is -2.92. The van der Waals surface area contributed by atoms with Crippen molar-refractivity contribution in [2.75, 3.05) is 11.5 Å². The summed E-state index contributed by atoms with van der Waals surface area (Å²) in [6.45, 7) is 0. The summed E-state index contributed by atoms with van der Waals surface area (Å²) in [7, 11) is 0.807. The maximum absolute atomic E-state index is 10.8. The molecule has 0 aromatic heterocycles. The van der Waals surface area contributed by atoms with Gasteiger partial charge in [-0.05, 0) is 17.1 Å². The van der Waals surface area contributed by atoms with Crippen LogP contribution >= 0.6 is 10.7 Å². The first-order chi connectivity index (χ1) is 4.51. The molecule has 2 atom stereocenters. The Morgan fingerprint density at radius 1 is 1.50 bits per heavy atom. The number of halogens is 1. The van der Waals surface area contributed by atoms with E-state index in [-0.39, 0.29) is 16.8 Å². The Kier molecular flexibility index (Phi) is 2.37. The van der Waals surface area contributed by atoms with Gasteiger partial charge in [0, 0.05) is 0 Å². The molecule has 10 heavy (non-hydrogen) atoms. The van der Waals surface area contributed by atoms with Gasteiger partial charge in [0.2, 0.25) is 0 Å². The van der Waals surface area contributed by atoms with Crippen molar-refractivity contribution in [2.45, 2.75) is 11.7 Å². The normalized spacial score (nSPS) is 33.9. The fraction of sp³-hybridized carbons (Fsp3) is 1.00. The molecule has 1 rings (SSSR count). The molecule has 1 aliphatic heterocycles. The molecule has 0 aliphatic carbocycles. The summed E-state index contributed by atoms with van der Waals surface area (Å²) in [5.74, 6) is 0.124. The van der Waals surface area contributed by atoms with Crippen LogP contribution in [0.1, 0.15) is 6.42 Å². The van der Waals surface area contributed by atoms with Crippen molar-refractivity contribution in [3.63, 3.8) is 0 Å². The molecule has 1 saturated heterocycles. The van der Waals surface area contributed by atoms with Gasteiger partial charge < -0.3 is 0 Å². The highest BCUT2D eigenvalue weighted by Crippen LogP contribution is 2.18. The van der Waals surface area contributed by atoms with Gasteiger partial charge in [-0.25, -0.2) is 12.6 Å². The van der Waals surface area contributed by atoms with Crippen LogP contribution in [-0.2, 0) is 19.9 Å². The van der Waals surface area contributed by atoms with E-state index in [1.807, 2.05) is 0 Å². The number of sulfone groups is 1. The lowest BCUT2D eigenvalue weighted by molar-refractivity contribution is 0.602. The molecule has 0 N–H and O–H groups in total. The Morgan fingerprint density at radius 3 is 2.30 bits per heavy atom. The van der Waals surface area contributed by atoms with Crippen LogP contribution in [0.3, 0.4) is 0 Å². The Balaban J connectivity index is 2.69. The van der Waals surface area contributed by atoms with E-state index in [0.29, 0.717) is 6.42 Å². The molecule has 0 saturated carbocycles. The zero-order valence-corrected chi connectivity index (χ0v) is 7.51. The third kappa shape index (κ3) is 1.93. The number of hydrogen-bond acceptors (Lipinski definition) is 3. The first-order valence-corrected chi connectivity index (χ1v) is 6.64. The molecule has 1 aliphatic rings. The van der Waals surface area contributed by atoms with Gasteiger partial charge in [0.1, 0.15) is 10.0 Å². The average Bonchev–Trinajstić information content (AvgIpc) is 2.10. The highest BCUT2D eigenvalue weighted by atomic mass is 35.7. The van der Waals surface area contributed by atoms with Crippen molar-refractivity contribution < 1.29 is 12.6 Å². The lowest BCUT2D eigenvalue weighted by Crippen LogP contribution is -2.12. The summed E-state index contributed by atoms with van der Waals surface area (Å²) in [6, 6.07) is 0. The van der Waals surface area contributed by atoms with Gasteiger partial charge in [0.05, 0.1) is 16.8 Å².